The van der Waals surface area contributed by atoms with Crippen LogP contribution >= 0.6 is 0 Å². The van der Waals surface area contributed by atoms with E-state index in [1.165, 1.54) is 11.1 Å². The first kappa shape index (κ1) is 16.2. The molecule has 0 aliphatic heterocycles. The van der Waals surface area contributed by atoms with Crippen LogP contribution in [0.1, 0.15) is 18.1 Å². The molecule has 0 radical (unpaired) electrons. The van der Waals surface area contributed by atoms with Crippen LogP contribution in [0.2, 0.25) is 0 Å². The molecule has 4 N–H and O–H groups in total. The van der Waals surface area contributed by atoms with E-state index in [1.807, 2.05) is 31.2 Å². The molecule has 0 saturated carbocycles. The molecule has 0 fully saturated rings. The molecule has 0 saturated heterocycles. The lowest BCUT2D eigenvalue weighted by molar-refractivity contribution is 0.342. The van der Waals surface area contributed by atoms with Crippen LogP contribution in [0.25, 0.3) is 0 Å². The first-order chi connectivity index (χ1) is 10.7. The van der Waals surface area contributed by atoms with Crippen LogP contribution in [-0.2, 0) is 12.8 Å². The molecule has 0 unspecified atom stereocenters. The average molecular weight is 300 g/mol. The number of hydrogen-bond donors (Lipinski definition) is 3. The van der Waals surface area contributed by atoms with Gasteiger partial charge in [-0.05, 0) is 68.2 Å². The smallest absolute Gasteiger partial charge is 0.142 e. The van der Waals surface area contributed by atoms with E-state index < -0.39 is 0 Å². The van der Waals surface area contributed by atoms with Gasteiger partial charge in [0.15, 0.2) is 0 Å². The van der Waals surface area contributed by atoms with E-state index in [4.69, 9.17) is 10.5 Å². The number of nitrogens with one attached hydrogen (secondary N) is 1. The summed E-state index contributed by atoms with van der Waals surface area (Å²) in [4.78, 5) is 0. The van der Waals surface area contributed by atoms with Crippen molar-refractivity contribution in [2.75, 3.05) is 25.4 Å². The van der Waals surface area contributed by atoms with Crippen molar-refractivity contribution < 1.29 is 9.84 Å². The quantitative estimate of drug-likeness (QED) is 0.518. The summed E-state index contributed by atoms with van der Waals surface area (Å²) in [6.07, 6.45) is 1.89. The van der Waals surface area contributed by atoms with E-state index in [-0.39, 0.29) is 0 Å². The summed E-state index contributed by atoms with van der Waals surface area (Å²) in [5.74, 6) is 1.07. The van der Waals surface area contributed by atoms with E-state index in [0.717, 1.165) is 31.7 Å². The lowest BCUT2D eigenvalue weighted by Gasteiger charge is -2.09. The van der Waals surface area contributed by atoms with Crippen molar-refractivity contribution in [1.82, 2.24) is 5.32 Å². The Bertz CT molecular complexity index is 582. The maximum absolute atomic E-state index is 9.23. The van der Waals surface area contributed by atoms with E-state index in [2.05, 4.69) is 11.4 Å². The van der Waals surface area contributed by atoms with Gasteiger partial charge in [-0.3, -0.25) is 0 Å². The summed E-state index contributed by atoms with van der Waals surface area (Å²) in [6.45, 7) is 4.40. The minimum atomic E-state index is 0.310. The maximum atomic E-state index is 9.23. The largest absolute Gasteiger partial charge is 0.508 e. The highest BCUT2D eigenvalue weighted by atomic mass is 16.5. The minimum Gasteiger partial charge on any atom is -0.508 e. The molecule has 4 heteroatoms. The molecule has 2 rings (SSSR count). The van der Waals surface area contributed by atoms with Crippen LogP contribution in [0.5, 0.6) is 11.5 Å². The summed E-state index contributed by atoms with van der Waals surface area (Å²) in [6, 6.07) is 13.3. The fraction of sp³-hybridized carbons (Fsp3) is 0.333. The Labute approximate surface area is 131 Å². The lowest BCUT2D eigenvalue weighted by Crippen LogP contribution is -2.20. The highest BCUT2D eigenvalue weighted by molar-refractivity contribution is 5.54. The van der Waals surface area contributed by atoms with E-state index in [0.29, 0.717) is 18.0 Å². The van der Waals surface area contributed by atoms with Crippen LogP contribution in [-0.4, -0.2) is 24.8 Å². The van der Waals surface area contributed by atoms with Gasteiger partial charge >= 0.3 is 0 Å². The van der Waals surface area contributed by atoms with Crippen molar-refractivity contribution in [2.45, 2.75) is 19.8 Å². The molecule has 2 aromatic rings. The molecule has 118 valence electrons. The Morgan fingerprint density at radius 2 is 1.64 bits per heavy atom. The number of ether oxygens (including phenoxy) is 1. The molecule has 0 bridgehead atoms. The SMILES string of the molecule is CCOc1ccc(CCNCCc2ccc(O)cc2)cc1N. The van der Waals surface area contributed by atoms with Crippen molar-refractivity contribution in [3.63, 3.8) is 0 Å². The molecule has 0 heterocycles. The van der Waals surface area contributed by atoms with Crippen LogP contribution in [0.15, 0.2) is 42.5 Å². The number of aromatic hydroxyl groups is 1. The second-order valence-electron chi connectivity index (χ2n) is 5.22. The maximum Gasteiger partial charge on any atom is 0.142 e. The Kier molecular flexibility index (Phi) is 6.10. The van der Waals surface area contributed by atoms with Crippen LogP contribution < -0.4 is 15.8 Å². The third-order valence-corrected chi connectivity index (χ3v) is 3.49. The number of nitrogen functional groups attached to an aromatic ring is 1. The van der Waals surface area contributed by atoms with Gasteiger partial charge in [0.1, 0.15) is 11.5 Å². The van der Waals surface area contributed by atoms with Gasteiger partial charge in [-0.25, -0.2) is 0 Å². The zero-order chi connectivity index (χ0) is 15.8. The molecule has 0 atom stereocenters. The Morgan fingerprint density at radius 1 is 1.00 bits per heavy atom. The molecule has 0 aliphatic rings. The molecule has 0 spiro atoms. The van der Waals surface area contributed by atoms with Crippen molar-refractivity contribution >= 4 is 5.69 Å². The predicted molar refractivity (Wildman–Crippen MR) is 90.4 cm³/mol. The molecule has 0 aliphatic carbocycles. The van der Waals surface area contributed by atoms with Gasteiger partial charge in [-0.1, -0.05) is 18.2 Å². The molecular weight excluding hydrogens is 276 g/mol. The van der Waals surface area contributed by atoms with Gasteiger partial charge in [-0.2, -0.15) is 0 Å². The van der Waals surface area contributed by atoms with E-state index >= 15 is 0 Å². The molecule has 2 aromatic carbocycles. The number of phenols is 1. The Balaban J connectivity index is 1.70. The number of rotatable bonds is 8. The van der Waals surface area contributed by atoms with Crippen LogP contribution in [0.4, 0.5) is 5.69 Å². The predicted octanol–water partition coefficient (Wildman–Crippen LogP) is 2.75. The van der Waals surface area contributed by atoms with Crippen molar-refractivity contribution in [1.29, 1.82) is 0 Å². The Morgan fingerprint density at radius 3 is 2.27 bits per heavy atom. The highest BCUT2D eigenvalue weighted by Gasteiger charge is 2.01. The zero-order valence-corrected chi connectivity index (χ0v) is 13.0. The van der Waals surface area contributed by atoms with Gasteiger partial charge in [0.2, 0.25) is 0 Å². The second kappa shape index (κ2) is 8.29. The molecule has 4 nitrogen and oxygen atoms in total. The van der Waals surface area contributed by atoms with Gasteiger partial charge in [0.25, 0.3) is 0 Å². The van der Waals surface area contributed by atoms with Crippen molar-refractivity contribution in [3.8, 4) is 11.5 Å². The van der Waals surface area contributed by atoms with Gasteiger partial charge in [0, 0.05) is 0 Å². The standard InChI is InChI=1S/C18H24N2O2/c1-2-22-18-8-5-15(13-17(18)19)10-12-20-11-9-14-3-6-16(21)7-4-14/h3-8,13,20-21H,2,9-12,19H2,1H3. The topological polar surface area (TPSA) is 67.5 Å². The third kappa shape index (κ3) is 4.97. The number of phenolic OH excluding ortho intramolecular Hbond substituents is 1. The fourth-order valence-corrected chi connectivity index (χ4v) is 2.29. The summed E-state index contributed by atoms with van der Waals surface area (Å²) < 4.78 is 5.43. The summed E-state index contributed by atoms with van der Waals surface area (Å²) in [7, 11) is 0. The number of anilines is 1. The zero-order valence-electron chi connectivity index (χ0n) is 13.0. The fourth-order valence-electron chi connectivity index (χ4n) is 2.29. The highest BCUT2D eigenvalue weighted by Crippen LogP contribution is 2.22. The Hall–Kier alpha value is -2.20. The number of hydrogen-bond acceptors (Lipinski definition) is 4. The minimum absolute atomic E-state index is 0.310. The third-order valence-electron chi connectivity index (χ3n) is 3.49. The van der Waals surface area contributed by atoms with E-state index in [9.17, 15) is 5.11 Å². The van der Waals surface area contributed by atoms with Gasteiger partial charge in [-0.15, -0.1) is 0 Å². The number of benzene rings is 2. The summed E-state index contributed by atoms with van der Waals surface area (Å²) in [5.41, 5.74) is 9.08. The van der Waals surface area contributed by atoms with Gasteiger partial charge in [0.05, 0.1) is 12.3 Å². The second-order valence-corrected chi connectivity index (χ2v) is 5.22. The number of nitrogens with two attached hydrogens (primary N) is 1. The van der Waals surface area contributed by atoms with Crippen LogP contribution in [0.3, 0.4) is 0 Å². The monoisotopic (exact) mass is 300 g/mol. The summed E-state index contributed by atoms with van der Waals surface area (Å²) >= 11 is 0. The molecule has 0 amide bonds. The molecule has 0 aromatic heterocycles. The average Bonchev–Trinajstić information content (AvgIpc) is 2.51. The first-order valence-corrected chi connectivity index (χ1v) is 7.69. The molecule has 22 heavy (non-hydrogen) atoms. The molecular formula is C18H24N2O2. The lowest BCUT2D eigenvalue weighted by atomic mass is 10.1. The van der Waals surface area contributed by atoms with E-state index in [1.54, 1.807) is 12.1 Å². The van der Waals surface area contributed by atoms with Crippen LogP contribution in [0, 0.1) is 0 Å². The summed E-state index contributed by atoms with van der Waals surface area (Å²) in [5, 5.41) is 12.7. The first-order valence-electron chi connectivity index (χ1n) is 7.69. The van der Waals surface area contributed by atoms with Crippen molar-refractivity contribution in [3.05, 3.63) is 53.6 Å². The van der Waals surface area contributed by atoms with Crippen molar-refractivity contribution in [2.24, 2.45) is 0 Å². The van der Waals surface area contributed by atoms with Gasteiger partial charge < -0.3 is 20.9 Å². The normalized spacial score (nSPS) is 10.6.